The highest BCUT2D eigenvalue weighted by atomic mass is 19.1. The summed E-state index contributed by atoms with van der Waals surface area (Å²) in [6.45, 7) is 2.66. The minimum atomic E-state index is -0.228. The van der Waals surface area contributed by atoms with Crippen molar-refractivity contribution in [1.82, 2.24) is 14.3 Å². The third-order valence-electron chi connectivity index (χ3n) is 5.27. The van der Waals surface area contributed by atoms with E-state index < -0.39 is 0 Å². The van der Waals surface area contributed by atoms with Gasteiger partial charge in [0, 0.05) is 31.5 Å². The van der Waals surface area contributed by atoms with Crippen LogP contribution in [0.25, 0.3) is 16.9 Å². The maximum Gasteiger partial charge on any atom is 0.137 e. The molecule has 4 rings (SSSR count). The van der Waals surface area contributed by atoms with E-state index in [4.69, 9.17) is 9.72 Å². The zero-order chi connectivity index (χ0) is 18.6. The van der Waals surface area contributed by atoms with E-state index in [0.717, 1.165) is 48.7 Å². The number of halogens is 1. The highest BCUT2D eigenvalue weighted by molar-refractivity contribution is 5.66. The van der Waals surface area contributed by atoms with Gasteiger partial charge in [0.25, 0.3) is 0 Å². The van der Waals surface area contributed by atoms with Crippen LogP contribution in [0, 0.1) is 5.82 Å². The second-order valence-corrected chi connectivity index (χ2v) is 7.36. The molecule has 3 aromatic rings. The predicted octanol–water partition coefficient (Wildman–Crippen LogP) is 4.53. The van der Waals surface area contributed by atoms with Crippen molar-refractivity contribution < 1.29 is 9.13 Å². The van der Waals surface area contributed by atoms with E-state index in [9.17, 15) is 4.39 Å². The number of hydrogen-bond acceptors (Lipinski definition) is 3. The van der Waals surface area contributed by atoms with Gasteiger partial charge in [0.05, 0.1) is 17.5 Å². The number of ether oxygens (including phenoxy) is 1. The van der Waals surface area contributed by atoms with Gasteiger partial charge in [-0.25, -0.2) is 9.37 Å². The van der Waals surface area contributed by atoms with Crippen LogP contribution in [-0.2, 0) is 11.3 Å². The van der Waals surface area contributed by atoms with Gasteiger partial charge in [0.1, 0.15) is 11.5 Å². The number of imidazole rings is 1. The maximum atomic E-state index is 13.3. The summed E-state index contributed by atoms with van der Waals surface area (Å²) >= 11 is 0. The predicted molar refractivity (Wildman–Crippen MR) is 105 cm³/mol. The van der Waals surface area contributed by atoms with Gasteiger partial charge in [-0.2, -0.15) is 0 Å². The topological polar surface area (TPSA) is 29.8 Å². The van der Waals surface area contributed by atoms with Crippen molar-refractivity contribution >= 4 is 5.65 Å². The molecule has 1 aromatic carbocycles. The van der Waals surface area contributed by atoms with Gasteiger partial charge in [-0.3, -0.25) is 0 Å². The third-order valence-corrected chi connectivity index (χ3v) is 5.27. The van der Waals surface area contributed by atoms with Gasteiger partial charge in [-0.05, 0) is 69.1 Å². The molecule has 1 saturated heterocycles. The summed E-state index contributed by atoms with van der Waals surface area (Å²) in [6.07, 6.45) is 7.12. The second kappa shape index (κ2) is 8.19. The standard InChI is InChI=1S/C22H26FN3O/c1-25(14-12-19-6-3-5-15-27-19)16-20-22(17-8-10-18(23)11-9-17)24-21-7-2-4-13-26(20)21/h2,4,7-11,13,19H,3,5-6,12,14-16H2,1H3. The van der Waals surface area contributed by atoms with Crippen molar-refractivity contribution in [3.8, 4) is 11.3 Å². The normalized spacial score (nSPS) is 17.7. The second-order valence-electron chi connectivity index (χ2n) is 7.36. The van der Waals surface area contributed by atoms with Crippen molar-refractivity contribution in [2.24, 2.45) is 0 Å². The molecule has 0 bridgehead atoms. The summed E-state index contributed by atoms with van der Waals surface area (Å²) in [5.74, 6) is -0.228. The van der Waals surface area contributed by atoms with E-state index in [1.165, 1.54) is 31.4 Å². The van der Waals surface area contributed by atoms with E-state index >= 15 is 0 Å². The number of aromatic nitrogens is 2. The highest BCUT2D eigenvalue weighted by Crippen LogP contribution is 2.26. The third kappa shape index (κ3) is 4.20. The molecule has 0 saturated carbocycles. The molecule has 5 heteroatoms. The fourth-order valence-electron chi connectivity index (χ4n) is 3.77. The lowest BCUT2D eigenvalue weighted by Gasteiger charge is -2.25. The molecule has 142 valence electrons. The number of hydrogen-bond donors (Lipinski definition) is 0. The van der Waals surface area contributed by atoms with Crippen molar-refractivity contribution in [3.05, 3.63) is 60.2 Å². The van der Waals surface area contributed by atoms with Gasteiger partial charge in [0.15, 0.2) is 0 Å². The van der Waals surface area contributed by atoms with Crippen LogP contribution in [0.4, 0.5) is 4.39 Å². The molecule has 0 spiro atoms. The minimum Gasteiger partial charge on any atom is -0.378 e. The summed E-state index contributed by atoms with van der Waals surface area (Å²) in [6, 6.07) is 12.6. The van der Waals surface area contributed by atoms with E-state index in [1.54, 1.807) is 12.1 Å². The van der Waals surface area contributed by atoms with E-state index in [2.05, 4.69) is 16.3 Å². The monoisotopic (exact) mass is 367 g/mol. The summed E-state index contributed by atoms with van der Waals surface area (Å²) in [4.78, 5) is 7.13. The highest BCUT2D eigenvalue weighted by Gasteiger charge is 2.18. The average Bonchev–Trinajstić information content (AvgIpc) is 3.06. The zero-order valence-corrected chi connectivity index (χ0v) is 15.8. The fraction of sp³-hybridized carbons (Fsp3) is 0.409. The number of rotatable bonds is 6. The Bertz CT molecular complexity index is 884. The molecule has 4 nitrogen and oxygen atoms in total. The lowest BCUT2D eigenvalue weighted by Crippen LogP contribution is -2.27. The molecule has 0 aliphatic carbocycles. The zero-order valence-electron chi connectivity index (χ0n) is 15.8. The first-order valence-electron chi connectivity index (χ1n) is 9.73. The van der Waals surface area contributed by atoms with Crippen LogP contribution in [0.3, 0.4) is 0 Å². The Morgan fingerprint density at radius 1 is 1.19 bits per heavy atom. The first-order chi connectivity index (χ1) is 13.2. The molecule has 1 atom stereocenters. The summed E-state index contributed by atoms with van der Waals surface area (Å²) in [5, 5.41) is 0. The largest absolute Gasteiger partial charge is 0.378 e. The minimum absolute atomic E-state index is 0.228. The summed E-state index contributed by atoms with van der Waals surface area (Å²) in [7, 11) is 2.14. The van der Waals surface area contributed by atoms with Gasteiger partial charge in [0.2, 0.25) is 0 Å². The van der Waals surface area contributed by atoms with E-state index in [1.807, 2.05) is 24.4 Å². The van der Waals surface area contributed by atoms with Crippen LogP contribution < -0.4 is 0 Å². The lowest BCUT2D eigenvalue weighted by molar-refractivity contribution is 0.00636. The van der Waals surface area contributed by atoms with E-state index in [-0.39, 0.29) is 5.82 Å². The van der Waals surface area contributed by atoms with Gasteiger partial charge >= 0.3 is 0 Å². The molecule has 1 unspecified atom stereocenters. The molecular weight excluding hydrogens is 341 g/mol. The number of fused-ring (bicyclic) bond motifs is 1. The summed E-state index contributed by atoms with van der Waals surface area (Å²) in [5.41, 5.74) is 3.90. The van der Waals surface area contributed by atoms with Crippen LogP contribution in [0.5, 0.6) is 0 Å². The molecule has 0 radical (unpaired) electrons. The molecule has 1 aliphatic rings. The molecule has 3 heterocycles. The van der Waals surface area contributed by atoms with Crippen molar-refractivity contribution in [2.75, 3.05) is 20.2 Å². The Balaban J connectivity index is 1.55. The van der Waals surface area contributed by atoms with Gasteiger partial charge in [-0.15, -0.1) is 0 Å². The molecule has 2 aromatic heterocycles. The Hall–Kier alpha value is -2.24. The first-order valence-corrected chi connectivity index (χ1v) is 9.73. The lowest BCUT2D eigenvalue weighted by atomic mass is 10.1. The molecule has 1 fully saturated rings. The van der Waals surface area contributed by atoms with Crippen LogP contribution in [0.15, 0.2) is 48.7 Å². The SMILES string of the molecule is CN(CCC1CCCCO1)Cc1c(-c2ccc(F)cc2)nc2ccccn12. The molecule has 27 heavy (non-hydrogen) atoms. The van der Waals surface area contributed by atoms with Crippen molar-refractivity contribution in [2.45, 2.75) is 38.3 Å². The Labute approximate surface area is 159 Å². The van der Waals surface area contributed by atoms with Crippen LogP contribution >= 0.6 is 0 Å². The van der Waals surface area contributed by atoms with Gasteiger partial charge < -0.3 is 14.0 Å². The van der Waals surface area contributed by atoms with Crippen LogP contribution in [0.2, 0.25) is 0 Å². The molecular formula is C22H26FN3O. The molecule has 0 amide bonds. The van der Waals surface area contributed by atoms with Crippen LogP contribution in [0.1, 0.15) is 31.4 Å². The number of nitrogens with zero attached hydrogens (tertiary/aromatic N) is 3. The van der Waals surface area contributed by atoms with Crippen LogP contribution in [-0.4, -0.2) is 40.6 Å². The Morgan fingerprint density at radius 3 is 2.81 bits per heavy atom. The van der Waals surface area contributed by atoms with Crippen molar-refractivity contribution in [1.29, 1.82) is 0 Å². The quantitative estimate of drug-likeness (QED) is 0.641. The first kappa shape index (κ1) is 18.1. The number of benzene rings is 1. The Morgan fingerprint density at radius 2 is 2.04 bits per heavy atom. The Kier molecular flexibility index (Phi) is 5.50. The van der Waals surface area contributed by atoms with Gasteiger partial charge in [-0.1, -0.05) is 6.07 Å². The molecule has 0 N–H and O–H groups in total. The van der Waals surface area contributed by atoms with E-state index in [0.29, 0.717) is 6.10 Å². The molecule has 1 aliphatic heterocycles. The number of pyridine rings is 1. The smallest absolute Gasteiger partial charge is 0.137 e. The fourth-order valence-corrected chi connectivity index (χ4v) is 3.77. The average molecular weight is 367 g/mol. The summed E-state index contributed by atoms with van der Waals surface area (Å²) < 4.78 is 21.3. The van der Waals surface area contributed by atoms with Crippen molar-refractivity contribution in [3.63, 3.8) is 0 Å². The maximum absolute atomic E-state index is 13.3.